The summed E-state index contributed by atoms with van der Waals surface area (Å²) in [5.74, 6) is 4.85. The lowest BCUT2D eigenvalue weighted by molar-refractivity contribution is -0.0794. The van der Waals surface area contributed by atoms with E-state index in [0.29, 0.717) is 18.3 Å². The van der Waals surface area contributed by atoms with Crippen LogP contribution < -0.4 is 0 Å². The van der Waals surface area contributed by atoms with Crippen molar-refractivity contribution in [3.8, 4) is 0 Å². The van der Waals surface area contributed by atoms with Gasteiger partial charge >= 0.3 is 0 Å². The van der Waals surface area contributed by atoms with Crippen molar-refractivity contribution < 1.29 is 9.21 Å². The van der Waals surface area contributed by atoms with Crippen molar-refractivity contribution in [2.45, 2.75) is 70.0 Å². The van der Waals surface area contributed by atoms with Crippen LogP contribution in [0, 0.1) is 23.7 Å². The molecular formula is C29H41N5O2. The number of aromatic nitrogens is 2. The summed E-state index contributed by atoms with van der Waals surface area (Å²) in [5, 5.41) is 4.71. The van der Waals surface area contributed by atoms with Crippen LogP contribution in [0.5, 0.6) is 0 Å². The van der Waals surface area contributed by atoms with Gasteiger partial charge in [0.25, 0.3) is 5.91 Å². The van der Waals surface area contributed by atoms with Gasteiger partial charge in [0, 0.05) is 63.6 Å². The fraction of sp³-hybridized carbons (Fsp3) is 0.724. The Hall–Kier alpha value is -2.12. The van der Waals surface area contributed by atoms with E-state index in [9.17, 15) is 4.79 Å². The molecule has 8 rings (SSSR count). The van der Waals surface area contributed by atoms with Gasteiger partial charge in [-0.25, -0.2) is 0 Å². The Morgan fingerprint density at radius 1 is 1.06 bits per heavy atom. The molecule has 7 heteroatoms. The molecule has 36 heavy (non-hydrogen) atoms. The van der Waals surface area contributed by atoms with Crippen LogP contribution >= 0.6 is 0 Å². The number of hydrogen-bond donors (Lipinski definition) is 0. The van der Waals surface area contributed by atoms with E-state index < -0.39 is 0 Å². The van der Waals surface area contributed by atoms with Crippen molar-refractivity contribution in [3.63, 3.8) is 0 Å². The van der Waals surface area contributed by atoms with Gasteiger partial charge in [-0.3, -0.25) is 19.3 Å². The van der Waals surface area contributed by atoms with Crippen LogP contribution in [0.2, 0.25) is 0 Å². The maximum atomic E-state index is 13.4. The summed E-state index contributed by atoms with van der Waals surface area (Å²) in [6.07, 6.45) is 12.3. The van der Waals surface area contributed by atoms with E-state index in [4.69, 9.17) is 9.52 Å². The van der Waals surface area contributed by atoms with E-state index in [1.165, 1.54) is 76.0 Å². The molecule has 0 spiro atoms. The van der Waals surface area contributed by atoms with Crippen molar-refractivity contribution in [2.75, 3.05) is 33.2 Å². The lowest BCUT2D eigenvalue weighted by Gasteiger charge is -2.58. The quantitative estimate of drug-likeness (QED) is 0.640. The van der Waals surface area contributed by atoms with Crippen molar-refractivity contribution in [3.05, 3.63) is 41.1 Å². The van der Waals surface area contributed by atoms with E-state index in [1.54, 1.807) is 11.2 Å². The van der Waals surface area contributed by atoms with Crippen LogP contribution in [0.15, 0.2) is 22.8 Å². The number of carbonyl (C=O) groups is 1. The second kappa shape index (κ2) is 9.02. The summed E-state index contributed by atoms with van der Waals surface area (Å²) in [6.45, 7) is 5.25. The van der Waals surface area contributed by atoms with Gasteiger partial charge in [-0.2, -0.15) is 5.10 Å². The molecule has 194 valence electrons. The zero-order valence-corrected chi connectivity index (χ0v) is 21.9. The largest absolute Gasteiger partial charge is 0.467 e. The van der Waals surface area contributed by atoms with Crippen molar-refractivity contribution >= 4 is 5.91 Å². The minimum Gasteiger partial charge on any atom is -0.467 e. The second-order valence-corrected chi connectivity index (χ2v) is 12.5. The number of fused-ring (bicyclic) bond motifs is 1. The number of carbonyl (C=O) groups excluding carboxylic acids is 1. The highest BCUT2D eigenvalue weighted by Crippen LogP contribution is 2.55. The highest BCUT2D eigenvalue weighted by molar-refractivity contribution is 5.94. The van der Waals surface area contributed by atoms with Gasteiger partial charge < -0.3 is 9.32 Å². The molecule has 0 N–H and O–H groups in total. The smallest absolute Gasteiger partial charge is 0.274 e. The fourth-order valence-corrected chi connectivity index (χ4v) is 9.04. The number of nitrogens with zero attached hydrogens (tertiary/aromatic N) is 5. The normalized spacial score (nSPS) is 34.2. The number of aryl methyl sites for hydroxylation is 1. The first-order valence-electron chi connectivity index (χ1n) is 14.3. The molecule has 3 heterocycles. The van der Waals surface area contributed by atoms with Gasteiger partial charge in [0.2, 0.25) is 0 Å². The highest BCUT2D eigenvalue weighted by Gasteiger charge is 2.50. The molecule has 4 saturated carbocycles. The van der Waals surface area contributed by atoms with E-state index in [-0.39, 0.29) is 5.91 Å². The van der Waals surface area contributed by atoms with Crippen LogP contribution in [-0.4, -0.2) is 75.7 Å². The van der Waals surface area contributed by atoms with Crippen LogP contribution in [0.1, 0.15) is 66.0 Å². The van der Waals surface area contributed by atoms with E-state index in [1.807, 2.05) is 30.9 Å². The van der Waals surface area contributed by atoms with Crippen LogP contribution in [-0.2, 0) is 26.4 Å². The Bertz CT molecular complexity index is 1070. The molecule has 1 aliphatic heterocycles. The topological polar surface area (TPSA) is 57.8 Å². The molecule has 0 radical (unpaired) electrons. The Morgan fingerprint density at radius 3 is 2.42 bits per heavy atom. The zero-order chi connectivity index (χ0) is 24.4. The lowest BCUT2D eigenvalue weighted by atomic mass is 9.54. The Morgan fingerprint density at radius 2 is 1.75 bits per heavy atom. The molecule has 5 aliphatic carbocycles. The fourth-order valence-electron chi connectivity index (χ4n) is 9.04. The van der Waals surface area contributed by atoms with Gasteiger partial charge in [0.15, 0.2) is 5.69 Å². The predicted molar refractivity (Wildman–Crippen MR) is 138 cm³/mol. The molecule has 1 unspecified atom stereocenters. The molecule has 4 bridgehead atoms. The van der Waals surface area contributed by atoms with Gasteiger partial charge in [-0.1, -0.05) is 0 Å². The Kier molecular flexibility index (Phi) is 5.77. The van der Waals surface area contributed by atoms with Gasteiger partial charge in [0.1, 0.15) is 5.76 Å². The van der Waals surface area contributed by atoms with Crippen molar-refractivity contribution in [1.82, 2.24) is 24.5 Å². The van der Waals surface area contributed by atoms with Gasteiger partial charge in [-0.15, -0.1) is 0 Å². The van der Waals surface area contributed by atoms with Crippen LogP contribution in [0.25, 0.3) is 0 Å². The first-order valence-corrected chi connectivity index (χ1v) is 14.3. The van der Waals surface area contributed by atoms with E-state index >= 15 is 0 Å². The summed E-state index contributed by atoms with van der Waals surface area (Å²) in [6, 6.07) is 5.16. The Labute approximate surface area is 214 Å². The molecular weight excluding hydrogens is 450 g/mol. The lowest BCUT2D eigenvalue weighted by Crippen LogP contribution is -2.61. The monoisotopic (exact) mass is 491 g/mol. The highest BCUT2D eigenvalue weighted by atomic mass is 16.3. The summed E-state index contributed by atoms with van der Waals surface area (Å²) >= 11 is 0. The molecule has 2 aromatic heterocycles. The third-order valence-electron chi connectivity index (χ3n) is 10.4. The molecule has 1 saturated heterocycles. The molecule has 7 nitrogen and oxygen atoms in total. The third-order valence-corrected chi connectivity index (χ3v) is 10.4. The van der Waals surface area contributed by atoms with E-state index in [0.717, 1.165) is 48.3 Å². The van der Waals surface area contributed by atoms with E-state index in [2.05, 4.69) is 9.80 Å². The third kappa shape index (κ3) is 3.94. The SMILES string of the molecule is CN(Cc1ccco1)C(=O)c1nn(C)c2c1CC(N1CCN(C3C4CC5CC(C4)CC3C5)CC1)CC2. The van der Waals surface area contributed by atoms with Gasteiger partial charge in [-0.05, 0) is 87.2 Å². The molecule has 0 aromatic carbocycles. The second-order valence-electron chi connectivity index (χ2n) is 12.5. The molecule has 2 aromatic rings. The van der Waals surface area contributed by atoms with Crippen molar-refractivity contribution in [2.24, 2.45) is 30.7 Å². The number of piperazine rings is 1. The standard InChI is InChI=1S/C29H41N5O2/c1-31(18-24-4-3-11-36-24)29(35)27-25-17-23(5-6-26(25)32(2)30-27)33-7-9-34(10-8-33)28-21-13-19-12-20(15-21)16-22(28)14-19/h3-4,11,19-23,28H,5-10,12-18H2,1-2H3. The average Bonchev–Trinajstić information content (AvgIpc) is 3.51. The molecule has 1 amide bonds. The number of furan rings is 1. The molecule has 6 aliphatic rings. The minimum absolute atomic E-state index is 0.00407. The summed E-state index contributed by atoms with van der Waals surface area (Å²) in [5.41, 5.74) is 3.06. The minimum atomic E-state index is -0.00407. The first-order chi connectivity index (χ1) is 17.5. The number of rotatable bonds is 5. The van der Waals surface area contributed by atoms with Crippen LogP contribution in [0.3, 0.4) is 0 Å². The van der Waals surface area contributed by atoms with Gasteiger partial charge in [0.05, 0.1) is 12.8 Å². The summed E-state index contributed by atoms with van der Waals surface area (Å²) < 4.78 is 7.41. The number of amides is 1. The first kappa shape index (κ1) is 23.0. The molecule has 5 fully saturated rings. The zero-order valence-electron chi connectivity index (χ0n) is 21.9. The maximum Gasteiger partial charge on any atom is 0.274 e. The summed E-state index contributed by atoms with van der Waals surface area (Å²) in [7, 11) is 3.84. The number of hydrogen-bond acceptors (Lipinski definition) is 5. The maximum absolute atomic E-state index is 13.4. The predicted octanol–water partition coefficient (Wildman–Crippen LogP) is 3.58. The average molecular weight is 492 g/mol. The van der Waals surface area contributed by atoms with Crippen molar-refractivity contribution in [1.29, 1.82) is 0 Å². The van der Waals surface area contributed by atoms with Crippen LogP contribution in [0.4, 0.5) is 0 Å². The summed E-state index contributed by atoms with van der Waals surface area (Å²) in [4.78, 5) is 20.7. The Balaban J connectivity index is 1.01. The molecule has 1 atom stereocenters.